The number of nitrogens with zero attached hydrogens (tertiary/aromatic N) is 1. The fourth-order valence-corrected chi connectivity index (χ4v) is 3.54. The third-order valence-electron chi connectivity index (χ3n) is 4.80. The summed E-state index contributed by atoms with van der Waals surface area (Å²) >= 11 is 0. The van der Waals surface area contributed by atoms with E-state index in [1.807, 2.05) is 23.1 Å². The largest absolute Gasteiger partial charge is 0.459 e. The normalized spacial score (nSPS) is 17.0. The lowest BCUT2D eigenvalue weighted by Gasteiger charge is -2.34. The highest BCUT2D eigenvalue weighted by Crippen LogP contribution is 2.34. The molecule has 0 bridgehead atoms. The zero-order valence-corrected chi connectivity index (χ0v) is 13.6. The third kappa shape index (κ3) is 2.98. The Morgan fingerprint density at radius 3 is 2.71 bits per heavy atom. The van der Waals surface area contributed by atoms with Gasteiger partial charge < -0.3 is 18.8 Å². The van der Waals surface area contributed by atoms with Gasteiger partial charge in [-0.15, -0.1) is 0 Å². The van der Waals surface area contributed by atoms with E-state index in [9.17, 15) is 4.79 Å². The molecule has 0 radical (unpaired) electrons. The molecule has 2 aromatic rings. The minimum Gasteiger partial charge on any atom is -0.459 e. The highest BCUT2D eigenvalue weighted by Gasteiger charge is 2.28. The van der Waals surface area contributed by atoms with Crippen molar-refractivity contribution in [3.63, 3.8) is 0 Å². The third-order valence-corrected chi connectivity index (χ3v) is 4.80. The Kier molecular flexibility index (Phi) is 4.15. The van der Waals surface area contributed by atoms with Crippen LogP contribution >= 0.6 is 0 Å². The van der Waals surface area contributed by atoms with Crippen molar-refractivity contribution in [3.8, 4) is 11.5 Å². The van der Waals surface area contributed by atoms with Crippen molar-refractivity contribution in [2.24, 2.45) is 0 Å². The number of carbonyl (C=O) groups is 1. The van der Waals surface area contributed by atoms with Crippen LogP contribution in [0.3, 0.4) is 0 Å². The first kappa shape index (κ1) is 15.1. The molecule has 2 heterocycles. The van der Waals surface area contributed by atoms with Crippen molar-refractivity contribution in [3.05, 3.63) is 47.9 Å². The number of amides is 1. The van der Waals surface area contributed by atoms with Gasteiger partial charge in [-0.3, -0.25) is 4.79 Å². The molecule has 24 heavy (non-hydrogen) atoms. The van der Waals surface area contributed by atoms with Gasteiger partial charge in [0, 0.05) is 12.6 Å². The van der Waals surface area contributed by atoms with Gasteiger partial charge in [-0.25, -0.2) is 0 Å². The smallest absolute Gasteiger partial charge is 0.290 e. The standard InChI is InChI=1S/C19H21NO4/c21-19(17-7-4-10-22-17)20(15-5-2-1-3-6-15)12-14-8-9-16-18(11-14)24-13-23-16/h4,7-11,15H,1-3,5-6,12-13H2. The fraction of sp³-hybridized carbons (Fsp3) is 0.421. The lowest BCUT2D eigenvalue weighted by Crippen LogP contribution is -2.40. The molecule has 1 aliphatic heterocycles. The second-order valence-corrected chi connectivity index (χ2v) is 6.39. The van der Waals surface area contributed by atoms with Gasteiger partial charge in [0.05, 0.1) is 6.26 Å². The molecule has 1 fully saturated rings. The van der Waals surface area contributed by atoms with Crippen LogP contribution in [0.2, 0.25) is 0 Å². The maximum atomic E-state index is 12.9. The highest BCUT2D eigenvalue weighted by atomic mass is 16.7. The first-order valence-corrected chi connectivity index (χ1v) is 8.54. The first-order chi connectivity index (χ1) is 11.8. The van der Waals surface area contributed by atoms with E-state index in [1.54, 1.807) is 18.4 Å². The quantitative estimate of drug-likeness (QED) is 0.852. The van der Waals surface area contributed by atoms with Crippen LogP contribution in [0.4, 0.5) is 0 Å². The molecule has 0 saturated heterocycles. The molecular formula is C19H21NO4. The van der Waals surface area contributed by atoms with Crippen molar-refractivity contribution in [1.29, 1.82) is 0 Å². The van der Waals surface area contributed by atoms with Crippen LogP contribution < -0.4 is 9.47 Å². The summed E-state index contributed by atoms with van der Waals surface area (Å²) in [5.41, 5.74) is 1.05. The Labute approximate surface area is 141 Å². The van der Waals surface area contributed by atoms with Gasteiger partial charge in [-0.1, -0.05) is 25.3 Å². The van der Waals surface area contributed by atoms with E-state index < -0.39 is 0 Å². The van der Waals surface area contributed by atoms with Gasteiger partial charge in [0.2, 0.25) is 6.79 Å². The van der Waals surface area contributed by atoms with E-state index in [4.69, 9.17) is 13.9 Å². The number of carbonyl (C=O) groups excluding carboxylic acids is 1. The maximum Gasteiger partial charge on any atom is 0.290 e. The SMILES string of the molecule is O=C(c1ccco1)N(Cc1ccc2c(c1)OCO2)C1CCCCC1. The topological polar surface area (TPSA) is 51.9 Å². The summed E-state index contributed by atoms with van der Waals surface area (Å²) in [7, 11) is 0. The summed E-state index contributed by atoms with van der Waals surface area (Å²) in [6.07, 6.45) is 7.26. The molecule has 0 spiro atoms. The molecule has 1 aromatic carbocycles. The van der Waals surface area contributed by atoms with E-state index in [2.05, 4.69) is 0 Å². The first-order valence-electron chi connectivity index (χ1n) is 8.54. The number of hydrogen-bond acceptors (Lipinski definition) is 4. The van der Waals surface area contributed by atoms with Gasteiger partial charge in [-0.05, 0) is 42.7 Å². The summed E-state index contributed by atoms with van der Waals surface area (Å²) in [6.45, 7) is 0.817. The molecule has 2 aliphatic rings. The Bertz CT molecular complexity index is 704. The number of rotatable bonds is 4. The summed E-state index contributed by atoms with van der Waals surface area (Å²) in [6, 6.07) is 9.63. The number of benzene rings is 1. The van der Waals surface area contributed by atoms with E-state index in [-0.39, 0.29) is 18.7 Å². The molecule has 1 aromatic heterocycles. The number of fused-ring (bicyclic) bond motifs is 1. The van der Waals surface area contributed by atoms with Crippen molar-refractivity contribution < 1.29 is 18.7 Å². The molecule has 1 aliphatic carbocycles. The van der Waals surface area contributed by atoms with Crippen LogP contribution in [0, 0.1) is 0 Å². The van der Waals surface area contributed by atoms with Gasteiger partial charge in [0.1, 0.15) is 0 Å². The predicted octanol–water partition coefficient (Wildman–Crippen LogP) is 3.98. The molecule has 0 atom stereocenters. The van der Waals surface area contributed by atoms with E-state index >= 15 is 0 Å². The second kappa shape index (κ2) is 6.59. The Hall–Kier alpha value is -2.43. The lowest BCUT2D eigenvalue weighted by molar-refractivity contribution is 0.0581. The zero-order valence-electron chi connectivity index (χ0n) is 13.6. The number of ether oxygens (including phenoxy) is 2. The van der Waals surface area contributed by atoms with Crippen LogP contribution in [0.5, 0.6) is 11.5 Å². The van der Waals surface area contributed by atoms with Crippen LogP contribution in [0.25, 0.3) is 0 Å². The summed E-state index contributed by atoms with van der Waals surface area (Å²) in [5.74, 6) is 1.88. The predicted molar refractivity (Wildman–Crippen MR) is 88.0 cm³/mol. The summed E-state index contributed by atoms with van der Waals surface area (Å²) in [4.78, 5) is 14.9. The van der Waals surface area contributed by atoms with Gasteiger partial charge in [0.15, 0.2) is 17.3 Å². The van der Waals surface area contributed by atoms with Crippen LogP contribution in [-0.4, -0.2) is 23.6 Å². The minimum atomic E-state index is -0.0374. The van der Waals surface area contributed by atoms with Gasteiger partial charge in [0.25, 0.3) is 5.91 Å². The molecule has 5 nitrogen and oxygen atoms in total. The molecule has 126 valence electrons. The Morgan fingerprint density at radius 2 is 1.92 bits per heavy atom. The van der Waals surface area contributed by atoms with Crippen LogP contribution in [0.1, 0.15) is 48.2 Å². The lowest BCUT2D eigenvalue weighted by atomic mass is 9.93. The van der Waals surface area contributed by atoms with Crippen molar-refractivity contribution in [1.82, 2.24) is 4.90 Å². The Morgan fingerprint density at radius 1 is 1.08 bits per heavy atom. The molecule has 0 unspecified atom stereocenters. The van der Waals surface area contributed by atoms with Crippen molar-refractivity contribution in [2.75, 3.05) is 6.79 Å². The summed E-state index contributed by atoms with van der Waals surface area (Å²) in [5, 5.41) is 0. The van der Waals surface area contributed by atoms with Crippen LogP contribution in [0.15, 0.2) is 41.0 Å². The monoisotopic (exact) mass is 327 g/mol. The van der Waals surface area contributed by atoms with Crippen molar-refractivity contribution >= 4 is 5.91 Å². The molecule has 4 rings (SSSR count). The molecule has 1 amide bonds. The van der Waals surface area contributed by atoms with Gasteiger partial charge >= 0.3 is 0 Å². The molecule has 1 saturated carbocycles. The summed E-state index contributed by atoms with van der Waals surface area (Å²) < 4.78 is 16.2. The average molecular weight is 327 g/mol. The number of furan rings is 1. The molecule has 0 N–H and O–H groups in total. The van der Waals surface area contributed by atoms with E-state index in [0.29, 0.717) is 12.3 Å². The fourth-order valence-electron chi connectivity index (χ4n) is 3.54. The maximum absolute atomic E-state index is 12.9. The average Bonchev–Trinajstić information content (AvgIpc) is 3.31. The zero-order chi connectivity index (χ0) is 16.4. The highest BCUT2D eigenvalue weighted by molar-refractivity contribution is 5.91. The molecule has 5 heteroatoms. The molecular weight excluding hydrogens is 306 g/mol. The second-order valence-electron chi connectivity index (χ2n) is 6.39. The van der Waals surface area contributed by atoms with Crippen molar-refractivity contribution in [2.45, 2.75) is 44.7 Å². The van der Waals surface area contributed by atoms with E-state index in [1.165, 1.54) is 19.3 Å². The minimum absolute atomic E-state index is 0.0374. The van der Waals surface area contributed by atoms with E-state index in [0.717, 1.165) is 29.9 Å². The van der Waals surface area contributed by atoms with Gasteiger partial charge in [-0.2, -0.15) is 0 Å². The Balaban J connectivity index is 1.58. The van der Waals surface area contributed by atoms with Crippen LogP contribution in [-0.2, 0) is 6.54 Å². The number of hydrogen-bond donors (Lipinski definition) is 0.